The molecule has 5 rings (SSSR count). The fraction of sp³-hybridized carbons (Fsp3) is 0.947. The van der Waals surface area contributed by atoms with E-state index >= 15 is 0 Å². The maximum Gasteiger partial charge on any atom is 0.217 e. The molecular weight excluding hydrogens is 868 g/mol. The van der Waals surface area contributed by atoms with Crippen molar-refractivity contribution in [2.75, 3.05) is 19.8 Å². The van der Waals surface area contributed by atoms with Crippen LogP contribution in [0.3, 0.4) is 0 Å². The van der Waals surface area contributed by atoms with E-state index in [0.29, 0.717) is 0 Å². The lowest BCUT2D eigenvalue weighted by Crippen LogP contribution is -2.72. The molecule has 0 saturated carbocycles. The lowest BCUT2D eigenvalue weighted by molar-refractivity contribution is -0.397. The normalized spacial score (nSPS) is 48.1. The number of hydrogen-bond donors (Lipinski definition) is 14. The fourth-order valence-corrected chi connectivity index (χ4v) is 8.13. The molecule has 5 saturated heterocycles. The van der Waals surface area contributed by atoms with Crippen LogP contribution >= 0.6 is 0 Å². The number of hydrogen-bond acceptors (Lipinski definition) is 24. The van der Waals surface area contributed by atoms with Gasteiger partial charge in [0.05, 0.1) is 37.6 Å². The van der Waals surface area contributed by atoms with Crippen molar-refractivity contribution in [1.29, 1.82) is 0 Å². The number of ether oxygens (including phenoxy) is 10. The second-order valence-electron chi connectivity index (χ2n) is 17.6. The molecule has 0 radical (unpaired) electrons. The van der Waals surface area contributed by atoms with E-state index in [2.05, 4.69) is 10.6 Å². The highest BCUT2D eigenvalue weighted by atomic mass is 16.8. The SMILES string of the molecule is CC(=O)NC1[C@@H](OC(C)(C)C)OC(CO)C(O)[C@@H]1O[C@@H]1OC(CO)C(O[C@@H]2OC(CO)C(O)[C@H](O)C2OC2OC(C)[C@@H](O)C(O)[C@@H]2O)[C@H](O[C@@H]2OC(C)C(O)[C@@H](O)C2O)C1NC(C)=O. The number of amides is 2. The molecule has 26 heteroatoms. The number of rotatable bonds is 14. The van der Waals surface area contributed by atoms with Gasteiger partial charge >= 0.3 is 0 Å². The lowest BCUT2D eigenvalue weighted by atomic mass is 9.93. The van der Waals surface area contributed by atoms with Crippen molar-refractivity contribution in [3.63, 3.8) is 0 Å². The molecule has 0 aliphatic carbocycles. The minimum Gasteiger partial charge on any atom is -0.394 e. The third kappa shape index (κ3) is 11.8. The predicted octanol–water partition coefficient (Wildman–Crippen LogP) is -7.76. The van der Waals surface area contributed by atoms with Crippen molar-refractivity contribution in [2.24, 2.45) is 0 Å². The molecule has 0 bridgehead atoms. The summed E-state index contributed by atoms with van der Waals surface area (Å²) in [7, 11) is 0. The van der Waals surface area contributed by atoms with E-state index in [1.165, 1.54) is 13.8 Å². The van der Waals surface area contributed by atoms with Gasteiger partial charge in [-0.15, -0.1) is 0 Å². The van der Waals surface area contributed by atoms with Gasteiger partial charge in [-0.25, -0.2) is 0 Å². The Hall–Kier alpha value is -1.94. The van der Waals surface area contributed by atoms with Gasteiger partial charge in [0.2, 0.25) is 11.8 Å². The molecule has 25 atom stereocenters. The van der Waals surface area contributed by atoms with Crippen LogP contribution in [-0.4, -0.2) is 252 Å². The van der Waals surface area contributed by atoms with E-state index < -0.39 is 191 Å². The predicted molar refractivity (Wildman–Crippen MR) is 206 cm³/mol. The number of aliphatic hydroxyl groups excluding tert-OH is 12. The van der Waals surface area contributed by atoms with Crippen LogP contribution in [0.4, 0.5) is 0 Å². The van der Waals surface area contributed by atoms with Crippen LogP contribution in [0.25, 0.3) is 0 Å². The Morgan fingerprint density at radius 3 is 1.33 bits per heavy atom. The summed E-state index contributed by atoms with van der Waals surface area (Å²) in [4.78, 5) is 25.6. The maximum absolute atomic E-state index is 13.1. The zero-order chi connectivity index (χ0) is 47.7. The van der Waals surface area contributed by atoms with Gasteiger partial charge in [-0.3, -0.25) is 9.59 Å². The van der Waals surface area contributed by atoms with E-state index in [9.17, 15) is 70.9 Å². The maximum atomic E-state index is 13.1. The molecule has 0 aromatic carbocycles. The van der Waals surface area contributed by atoms with Crippen LogP contribution in [0, 0.1) is 0 Å². The smallest absolute Gasteiger partial charge is 0.217 e. The summed E-state index contributed by atoms with van der Waals surface area (Å²) in [5.41, 5.74) is -0.933. The molecule has 0 spiro atoms. The Kier molecular flexibility index (Phi) is 18.2. The molecule has 15 unspecified atom stereocenters. The van der Waals surface area contributed by atoms with Gasteiger partial charge < -0.3 is 119 Å². The quantitative estimate of drug-likeness (QED) is 0.0769. The summed E-state index contributed by atoms with van der Waals surface area (Å²) in [5, 5.41) is 134. The molecule has 372 valence electrons. The van der Waals surface area contributed by atoms with Crippen LogP contribution in [0.1, 0.15) is 48.5 Å². The summed E-state index contributed by atoms with van der Waals surface area (Å²) >= 11 is 0. The van der Waals surface area contributed by atoms with Gasteiger partial charge in [0.1, 0.15) is 110 Å². The van der Waals surface area contributed by atoms with Crippen LogP contribution < -0.4 is 10.6 Å². The average Bonchev–Trinajstić information content (AvgIpc) is 3.22. The molecule has 5 aliphatic heterocycles. The van der Waals surface area contributed by atoms with E-state index in [0.717, 1.165) is 13.8 Å². The van der Waals surface area contributed by atoms with E-state index in [1.54, 1.807) is 20.8 Å². The Morgan fingerprint density at radius 2 is 0.859 bits per heavy atom. The van der Waals surface area contributed by atoms with Crippen LogP contribution in [-0.2, 0) is 57.0 Å². The summed E-state index contributed by atoms with van der Waals surface area (Å²) in [5.74, 6) is -1.42. The Labute approximate surface area is 367 Å². The number of carbonyl (C=O) groups is 2. The molecule has 5 heterocycles. The third-order valence-corrected chi connectivity index (χ3v) is 11.5. The Bertz CT molecular complexity index is 1510. The second kappa shape index (κ2) is 22.0. The molecule has 5 aliphatic rings. The highest BCUT2D eigenvalue weighted by Gasteiger charge is 2.58. The van der Waals surface area contributed by atoms with Gasteiger partial charge in [0.15, 0.2) is 31.5 Å². The van der Waals surface area contributed by atoms with Crippen LogP contribution in [0.15, 0.2) is 0 Å². The zero-order valence-electron chi connectivity index (χ0n) is 36.3. The summed E-state index contributed by atoms with van der Waals surface area (Å²) < 4.78 is 60.1. The van der Waals surface area contributed by atoms with Crippen LogP contribution in [0.2, 0.25) is 0 Å². The average molecular weight is 935 g/mol. The third-order valence-electron chi connectivity index (χ3n) is 11.5. The first-order valence-electron chi connectivity index (χ1n) is 21.0. The van der Waals surface area contributed by atoms with Gasteiger partial charge in [0.25, 0.3) is 0 Å². The number of nitrogens with one attached hydrogen (secondary N) is 2. The lowest BCUT2D eigenvalue weighted by Gasteiger charge is -2.52. The summed E-state index contributed by atoms with van der Waals surface area (Å²) in [6.45, 7) is 7.27. The van der Waals surface area contributed by atoms with Crippen LogP contribution in [0.5, 0.6) is 0 Å². The zero-order valence-corrected chi connectivity index (χ0v) is 36.3. The Morgan fingerprint density at radius 1 is 0.453 bits per heavy atom. The minimum atomic E-state index is -2.02. The van der Waals surface area contributed by atoms with Gasteiger partial charge in [-0.2, -0.15) is 0 Å². The van der Waals surface area contributed by atoms with Crippen molar-refractivity contribution >= 4 is 11.8 Å². The van der Waals surface area contributed by atoms with Gasteiger partial charge in [-0.1, -0.05) is 0 Å². The molecular formula is C38H66N2O24. The molecule has 64 heavy (non-hydrogen) atoms. The van der Waals surface area contributed by atoms with E-state index in [-0.39, 0.29) is 0 Å². The second-order valence-corrected chi connectivity index (χ2v) is 17.6. The minimum absolute atomic E-state index is 0.632. The number of aliphatic hydroxyl groups is 12. The van der Waals surface area contributed by atoms with Crippen molar-refractivity contribution in [1.82, 2.24) is 10.6 Å². The standard InChI is InChI=1S/C38H66N2O24/c1-11-20(46)24(50)27(53)35(55-11)62-31-19(40-14(4)45)33(61-30-18(39-13(3)44)34(64-38(5,6)7)57-16(9-42)23(30)49)59-17(10-43)29(31)60-37-32(26(52)22(48)15(8-41)58-37)63-36-28(54)25(51)21(47)12(2)56-36/h11-12,15-37,41-43,46-54H,8-10H2,1-7H3,(H,39,44)(H,40,45)/t11?,12?,15?,16?,17?,18?,19?,20?,21-,22?,23?,24-,25?,26+,27?,28+,29?,30-,31-,32?,33+,34-,35+,36?,37+/m1/s1. The molecule has 0 aromatic heterocycles. The molecule has 2 amide bonds. The number of carbonyl (C=O) groups excluding carboxylic acids is 2. The van der Waals surface area contributed by atoms with Crippen molar-refractivity contribution in [3.8, 4) is 0 Å². The van der Waals surface area contributed by atoms with E-state index in [4.69, 9.17) is 47.4 Å². The molecule has 0 aromatic rings. The first-order chi connectivity index (χ1) is 29.9. The highest BCUT2D eigenvalue weighted by Crippen LogP contribution is 2.38. The monoisotopic (exact) mass is 934 g/mol. The molecule has 14 N–H and O–H groups in total. The summed E-state index contributed by atoms with van der Waals surface area (Å²) in [6.07, 6.45) is -39.4. The topological polar surface area (TPSA) is 393 Å². The fourth-order valence-electron chi connectivity index (χ4n) is 8.13. The van der Waals surface area contributed by atoms with Crippen molar-refractivity contribution in [2.45, 2.75) is 207 Å². The largest absolute Gasteiger partial charge is 0.394 e. The molecule has 5 fully saturated rings. The first kappa shape index (κ1) is 53.0. The van der Waals surface area contributed by atoms with Gasteiger partial charge in [-0.05, 0) is 34.6 Å². The van der Waals surface area contributed by atoms with Crippen molar-refractivity contribution in [3.05, 3.63) is 0 Å². The van der Waals surface area contributed by atoms with Crippen molar-refractivity contribution < 1.29 is 118 Å². The summed E-state index contributed by atoms with van der Waals surface area (Å²) in [6, 6.07) is -3.04. The highest BCUT2D eigenvalue weighted by molar-refractivity contribution is 5.73. The Balaban J connectivity index is 1.59. The van der Waals surface area contributed by atoms with E-state index in [1.807, 2.05) is 0 Å². The first-order valence-corrected chi connectivity index (χ1v) is 21.0. The van der Waals surface area contributed by atoms with Gasteiger partial charge in [0, 0.05) is 13.8 Å². The molecule has 26 nitrogen and oxygen atoms in total.